The molecule has 6 heteroatoms. The molecule has 1 aliphatic heterocycles. The van der Waals surface area contributed by atoms with Gasteiger partial charge >= 0.3 is 0 Å². The number of imide groups is 1. The molecule has 0 aliphatic carbocycles. The molecule has 0 bridgehead atoms. The molecule has 1 unspecified atom stereocenters. The summed E-state index contributed by atoms with van der Waals surface area (Å²) in [5.41, 5.74) is 1.54. The van der Waals surface area contributed by atoms with Gasteiger partial charge in [0.05, 0.1) is 11.1 Å². The standard InChI is InChI=1S/C18H19NO2.C7H15NO2.C6H14/c1-4-18(2,3)11-19-16(20)14-9-12-7-5-6-8-13(12)10-15(14)17(19)21;1-4-6(2)7(9)8-5-10-3;1-5-6(2,3)4/h5-10H,4,11H2,1-3H3;6H,4-5H2,1-3H3,(H,8,9);5H2,1-4H3. The number of carbonyl (C=O) groups excluding carboxylic acids is 3. The Kier molecular flexibility index (Phi) is 12.5. The molecule has 0 spiro atoms. The van der Waals surface area contributed by atoms with E-state index in [-0.39, 0.29) is 29.1 Å². The third kappa shape index (κ3) is 9.92. The van der Waals surface area contributed by atoms with E-state index in [9.17, 15) is 14.4 Å². The van der Waals surface area contributed by atoms with E-state index in [0.717, 1.165) is 23.6 Å². The van der Waals surface area contributed by atoms with E-state index >= 15 is 0 Å². The highest BCUT2D eigenvalue weighted by Crippen LogP contribution is 2.31. The SMILES string of the molecule is CCC(C)(C)C.CCC(C)(C)CN1C(=O)c2cc3ccccc3cc2C1=O.CCC(C)C(=O)NCOC. The van der Waals surface area contributed by atoms with E-state index in [0.29, 0.717) is 29.8 Å². The Labute approximate surface area is 224 Å². The molecule has 6 nitrogen and oxygen atoms in total. The fourth-order valence-electron chi connectivity index (χ4n) is 3.16. The summed E-state index contributed by atoms with van der Waals surface area (Å²) in [7, 11) is 1.55. The smallest absolute Gasteiger partial charge is 0.261 e. The number of hydrogen-bond donors (Lipinski definition) is 1. The van der Waals surface area contributed by atoms with Gasteiger partial charge in [0.1, 0.15) is 6.73 Å². The van der Waals surface area contributed by atoms with E-state index in [1.54, 1.807) is 7.11 Å². The number of hydrogen-bond acceptors (Lipinski definition) is 4. The van der Waals surface area contributed by atoms with Crippen molar-refractivity contribution in [3.05, 3.63) is 47.5 Å². The number of nitrogens with zero attached hydrogens (tertiary/aromatic N) is 1. The van der Waals surface area contributed by atoms with Crippen molar-refractivity contribution in [3.63, 3.8) is 0 Å². The third-order valence-electron chi connectivity index (χ3n) is 6.89. The van der Waals surface area contributed by atoms with Crippen LogP contribution in [0.25, 0.3) is 10.8 Å². The van der Waals surface area contributed by atoms with E-state index in [1.807, 2.05) is 50.2 Å². The predicted octanol–water partition coefficient (Wildman–Crippen LogP) is 7.07. The maximum Gasteiger partial charge on any atom is 0.261 e. The van der Waals surface area contributed by atoms with Crippen LogP contribution < -0.4 is 5.32 Å². The van der Waals surface area contributed by atoms with Gasteiger partial charge in [-0.2, -0.15) is 0 Å². The molecule has 0 saturated heterocycles. The minimum Gasteiger partial charge on any atom is -0.364 e. The van der Waals surface area contributed by atoms with Crippen molar-refractivity contribution in [1.82, 2.24) is 10.2 Å². The van der Waals surface area contributed by atoms with Gasteiger partial charge in [0.25, 0.3) is 11.8 Å². The average Bonchev–Trinajstić information content (AvgIpc) is 3.09. The Hall–Kier alpha value is -2.73. The molecule has 0 fully saturated rings. The predicted molar refractivity (Wildman–Crippen MR) is 153 cm³/mol. The number of carbonyl (C=O) groups is 3. The number of benzene rings is 2. The van der Waals surface area contributed by atoms with Crippen molar-refractivity contribution < 1.29 is 19.1 Å². The molecular formula is C31H48N2O4. The molecule has 2 aromatic rings. The van der Waals surface area contributed by atoms with Gasteiger partial charge in [-0.25, -0.2) is 0 Å². The van der Waals surface area contributed by atoms with Crippen molar-refractivity contribution >= 4 is 28.5 Å². The molecule has 2 aromatic carbocycles. The summed E-state index contributed by atoms with van der Waals surface area (Å²) in [5, 5.41) is 4.61. The average molecular weight is 513 g/mol. The van der Waals surface area contributed by atoms with Crippen LogP contribution in [0.2, 0.25) is 0 Å². The molecular weight excluding hydrogens is 464 g/mol. The summed E-state index contributed by atoms with van der Waals surface area (Å²) in [6, 6.07) is 11.5. The summed E-state index contributed by atoms with van der Waals surface area (Å²) >= 11 is 0. The molecule has 1 N–H and O–H groups in total. The van der Waals surface area contributed by atoms with Gasteiger partial charge in [-0.05, 0) is 46.6 Å². The monoisotopic (exact) mass is 512 g/mol. The topological polar surface area (TPSA) is 75.7 Å². The molecule has 1 atom stereocenters. The van der Waals surface area contributed by atoms with Gasteiger partial charge in [-0.15, -0.1) is 0 Å². The van der Waals surface area contributed by atoms with Gasteiger partial charge in [-0.3, -0.25) is 19.3 Å². The van der Waals surface area contributed by atoms with Crippen LogP contribution in [0.4, 0.5) is 0 Å². The molecule has 3 amide bonds. The first kappa shape index (κ1) is 32.3. The highest BCUT2D eigenvalue weighted by molar-refractivity contribution is 6.23. The number of methoxy groups -OCH3 is 1. The van der Waals surface area contributed by atoms with E-state index in [4.69, 9.17) is 0 Å². The third-order valence-corrected chi connectivity index (χ3v) is 6.89. The minimum atomic E-state index is -0.165. The summed E-state index contributed by atoms with van der Waals surface area (Å²) in [5.74, 6) is -0.177. The first-order valence-electron chi connectivity index (χ1n) is 13.4. The van der Waals surface area contributed by atoms with Crippen molar-refractivity contribution in [3.8, 4) is 0 Å². The molecule has 37 heavy (non-hydrogen) atoms. The molecule has 0 aromatic heterocycles. The highest BCUT2D eigenvalue weighted by Gasteiger charge is 2.38. The van der Waals surface area contributed by atoms with Gasteiger partial charge in [0.15, 0.2) is 0 Å². The quantitative estimate of drug-likeness (QED) is 0.318. The van der Waals surface area contributed by atoms with Crippen molar-refractivity contribution in [2.45, 2.75) is 81.6 Å². The Morgan fingerprint density at radius 1 is 0.919 bits per heavy atom. The van der Waals surface area contributed by atoms with E-state index in [1.165, 1.54) is 11.3 Å². The largest absolute Gasteiger partial charge is 0.364 e. The molecule has 0 radical (unpaired) electrons. The van der Waals surface area contributed by atoms with Crippen LogP contribution in [0, 0.1) is 16.7 Å². The fourth-order valence-corrected chi connectivity index (χ4v) is 3.16. The van der Waals surface area contributed by atoms with Crippen LogP contribution in [-0.4, -0.2) is 43.0 Å². The lowest BCUT2D eigenvalue weighted by Gasteiger charge is -2.27. The maximum atomic E-state index is 12.5. The number of amides is 3. The first-order valence-corrected chi connectivity index (χ1v) is 13.4. The maximum absolute atomic E-state index is 12.5. The fraction of sp³-hybridized carbons (Fsp3) is 0.581. The summed E-state index contributed by atoms with van der Waals surface area (Å²) in [4.78, 5) is 37.4. The van der Waals surface area contributed by atoms with E-state index < -0.39 is 0 Å². The lowest BCUT2D eigenvalue weighted by Crippen LogP contribution is -2.38. The van der Waals surface area contributed by atoms with E-state index in [2.05, 4.69) is 58.5 Å². The van der Waals surface area contributed by atoms with Crippen LogP contribution >= 0.6 is 0 Å². The van der Waals surface area contributed by atoms with Crippen molar-refractivity contribution in [2.24, 2.45) is 16.7 Å². The van der Waals surface area contributed by atoms with Crippen molar-refractivity contribution in [2.75, 3.05) is 20.4 Å². The second kappa shape index (κ2) is 14.3. The summed E-state index contributed by atoms with van der Waals surface area (Å²) in [6.07, 6.45) is 3.06. The molecule has 1 heterocycles. The van der Waals surface area contributed by atoms with Gasteiger partial charge in [-0.1, -0.05) is 93.0 Å². The normalized spacial score (nSPS) is 13.8. The Morgan fingerprint density at radius 2 is 1.38 bits per heavy atom. The molecule has 0 saturated carbocycles. The molecule has 206 valence electrons. The zero-order chi connectivity index (χ0) is 28.4. The second-order valence-corrected chi connectivity index (χ2v) is 11.7. The number of rotatable bonds is 7. The lowest BCUT2D eigenvalue weighted by atomic mass is 9.90. The van der Waals surface area contributed by atoms with Crippen LogP contribution in [0.15, 0.2) is 36.4 Å². The van der Waals surface area contributed by atoms with Crippen LogP contribution in [0.3, 0.4) is 0 Å². The summed E-state index contributed by atoms with van der Waals surface area (Å²) in [6.45, 7) is 19.8. The first-order chi connectivity index (χ1) is 17.2. The van der Waals surface area contributed by atoms with Crippen LogP contribution in [-0.2, 0) is 9.53 Å². The minimum absolute atomic E-state index is 0.0596. The summed E-state index contributed by atoms with van der Waals surface area (Å²) < 4.78 is 4.68. The number of ether oxygens (including phenoxy) is 1. The van der Waals surface area contributed by atoms with Crippen molar-refractivity contribution in [1.29, 1.82) is 0 Å². The zero-order valence-corrected chi connectivity index (χ0v) is 24.7. The Morgan fingerprint density at radius 3 is 1.73 bits per heavy atom. The Bertz CT molecular complexity index is 998. The molecule has 1 aliphatic rings. The Balaban J connectivity index is 0.000000357. The van der Waals surface area contributed by atoms with Crippen LogP contribution in [0.5, 0.6) is 0 Å². The van der Waals surface area contributed by atoms with Gasteiger partial charge < -0.3 is 10.1 Å². The number of nitrogens with one attached hydrogen (secondary N) is 1. The second-order valence-electron chi connectivity index (χ2n) is 11.7. The van der Waals surface area contributed by atoms with Gasteiger partial charge in [0, 0.05) is 19.6 Å². The number of fused-ring (bicyclic) bond motifs is 2. The molecule has 3 rings (SSSR count). The zero-order valence-electron chi connectivity index (χ0n) is 24.7. The highest BCUT2D eigenvalue weighted by atomic mass is 16.5. The van der Waals surface area contributed by atoms with Gasteiger partial charge in [0.2, 0.25) is 5.91 Å². The lowest BCUT2D eigenvalue weighted by molar-refractivity contribution is -0.126. The van der Waals surface area contributed by atoms with Crippen LogP contribution in [0.1, 0.15) is 102 Å².